The first-order chi connectivity index (χ1) is 13.4. The maximum atomic E-state index is 13.3. The summed E-state index contributed by atoms with van der Waals surface area (Å²) in [6.07, 6.45) is 1.60. The summed E-state index contributed by atoms with van der Waals surface area (Å²) >= 11 is 0. The molecule has 2 saturated heterocycles. The summed E-state index contributed by atoms with van der Waals surface area (Å²) < 4.78 is 19.1. The Bertz CT molecular complexity index is 689. The van der Waals surface area contributed by atoms with Gasteiger partial charge in [0.05, 0.1) is 12.5 Å². The molecule has 3 rings (SSSR count). The Morgan fingerprint density at radius 3 is 2.71 bits per heavy atom. The van der Waals surface area contributed by atoms with Crippen molar-refractivity contribution in [2.45, 2.75) is 45.3 Å². The van der Waals surface area contributed by atoms with Crippen LogP contribution in [0.2, 0.25) is 0 Å². The molecule has 0 aromatic heterocycles. The Kier molecular flexibility index (Phi) is 6.88. The molecular weight excluding hydrogens is 361 g/mol. The number of carbonyl (C=O) groups is 2. The molecular formula is C21H30FN3O3. The zero-order valence-corrected chi connectivity index (χ0v) is 16.7. The van der Waals surface area contributed by atoms with Crippen molar-refractivity contribution in [2.75, 3.05) is 32.7 Å². The van der Waals surface area contributed by atoms with Gasteiger partial charge in [0, 0.05) is 51.6 Å². The highest BCUT2D eigenvalue weighted by molar-refractivity contribution is 5.88. The first-order valence-corrected chi connectivity index (χ1v) is 10.1. The van der Waals surface area contributed by atoms with Gasteiger partial charge in [-0.2, -0.15) is 0 Å². The van der Waals surface area contributed by atoms with Gasteiger partial charge >= 0.3 is 0 Å². The number of nitrogens with one attached hydrogen (secondary N) is 1. The van der Waals surface area contributed by atoms with E-state index in [0.717, 1.165) is 13.1 Å². The van der Waals surface area contributed by atoms with Crippen molar-refractivity contribution in [1.29, 1.82) is 0 Å². The molecule has 0 saturated carbocycles. The summed E-state index contributed by atoms with van der Waals surface area (Å²) in [5.74, 6) is 0.610. The van der Waals surface area contributed by atoms with Gasteiger partial charge in [-0.25, -0.2) is 4.39 Å². The fourth-order valence-corrected chi connectivity index (χ4v) is 3.92. The minimum absolute atomic E-state index is 0.0139. The van der Waals surface area contributed by atoms with Crippen molar-refractivity contribution >= 4 is 11.8 Å². The van der Waals surface area contributed by atoms with Crippen LogP contribution in [0.3, 0.4) is 0 Å². The lowest BCUT2D eigenvalue weighted by molar-refractivity contribution is -0.140. The largest absolute Gasteiger partial charge is 0.490 e. The number of benzene rings is 1. The van der Waals surface area contributed by atoms with Gasteiger partial charge in [-0.1, -0.05) is 19.9 Å². The highest BCUT2D eigenvalue weighted by Gasteiger charge is 2.34. The van der Waals surface area contributed by atoms with Crippen molar-refractivity contribution in [1.82, 2.24) is 15.1 Å². The molecule has 1 unspecified atom stereocenters. The number of rotatable bonds is 6. The SMILES string of the molecule is CC(C)CN1CCNC(=O)C1CC(=O)N1CCC(Oc2cccc(F)c2)CC1. The number of likely N-dealkylation sites (tertiary alicyclic amines) is 1. The van der Waals surface area contributed by atoms with Crippen LogP contribution in [0.1, 0.15) is 33.1 Å². The van der Waals surface area contributed by atoms with Crippen LogP contribution in [0.5, 0.6) is 5.75 Å². The quantitative estimate of drug-likeness (QED) is 0.806. The van der Waals surface area contributed by atoms with Crippen LogP contribution in [0.4, 0.5) is 4.39 Å². The normalized spacial score (nSPS) is 21.6. The van der Waals surface area contributed by atoms with Gasteiger partial charge in [0.1, 0.15) is 17.7 Å². The van der Waals surface area contributed by atoms with E-state index in [2.05, 4.69) is 24.1 Å². The van der Waals surface area contributed by atoms with Gasteiger partial charge in [-0.05, 0) is 18.1 Å². The summed E-state index contributed by atoms with van der Waals surface area (Å²) in [7, 11) is 0. The second-order valence-electron chi connectivity index (χ2n) is 8.06. The number of halogens is 1. The van der Waals surface area contributed by atoms with E-state index in [9.17, 15) is 14.0 Å². The number of hydrogen-bond donors (Lipinski definition) is 1. The van der Waals surface area contributed by atoms with E-state index in [1.54, 1.807) is 12.1 Å². The van der Waals surface area contributed by atoms with Gasteiger partial charge in [0.25, 0.3) is 0 Å². The van der Waals surface area contributed by atoms with Crippen LogP contribution >= 0.6 is 0 Å². The molecule has 7 heteroatoms. The van der Waals surface area contributed by atoms with E-state index >= 15 is 0 Å². The topological polar surface area (TPSA) is 61.9 Å². The van der Waals surface area contributed by atoms with E-state index in [0.29, 0.717) is 44.1 Å². The third-order valence-corrected chi connectivity index (χ3v) is 5.30. The molecule has 2 aliphatic heterocycles. The predicted octanol–water partition coefficient (Wildman–Crippen LogP) is 2.04. The summed E-state index contributed by atoms with van der Waals surface area (Å²) in [6, 6.07) is 5.75. The molecule has 2 heterocycles. The zero-order chi connectivity index (χ0) is 20.1. The highest BCUT2D eigenvalue weighted by atomic mass is 19.1. The molecule has 154 valence electrons. The highest BCUT2D eigenvalue weighted by Crippen LogP contribution is 2.21. The number of piperidine rings is 1. The molecule has 0 aliphatic carbocycles. The molecule has 0 bridgehead atoms. The van der Waals surface area contributed by atoms with Crippen molar-refractivity contribution in [2.24, 2.45) is 5.92 Å². The summed E-state index contributed by atoms with van der Waals surface area (Å²) in [6.45, 7) is 7.66. The molecule has 2 amide bonds. The van der Waals surface area contributed by atoms with E-state index < -0.39 is 0 Å². The number of hydrogen-bond acceptors (Lipinski definition) is 4. The first-order valence-electron chi connectivity index (χ1n) is 10.1. The van der Waals surface area contributed by atoms with Crippen LogP contribution in [0, 0.1) is 11.7 Å². The lowest BCUT2D eigenvalue weighted by Gasteiger charge is -2.38. The molecule has 0 spiro atoms. The number of nitrogens with zero attached hydrogens (tertiary/aromatic N) is 2. The lowest BCUT2D eigenvalue weighted by Crippen LogP contribution is -2.57. The second-order valence-corrected chi connectivity index (χ2v) is 8.06. The zero-order valence-electron chi connectivity index (χ0n) is 16.7. The fourth-order valence-electron chi connectivity index (χ4n) is 3.92. The lowest BCUT2D eigenvalue weighted by atomic mass is 10.0. The van der Waals surface area contributed by atoms with Crippen LogP contribution in [0.25, 0.3) is 0 Å². The van der Waals surface area contributed by atoms with E-state index in [4.69, 9.17) is 4.74 Å². The maximum Gasteiger partial charge on any atom is 0.237 e. The van der Waals surface area contributed by atoms with Gasteiger partial charge in [0.15, 0.2) is 0 Å². The van der Waals surface area contributed by atoms with Crippen molar-refractivity contribution in [3.63, 3.8) is 0 Å². The molecule has 1 N–H and O–H groups in total. The van der Waals surface area contributed by atoms with Crippen LogP contribution in [0.15, 0.2) is 24.3 Å². The van der Waals surface area contributed by atoms with Gasteiger partial charge in [-0.15, -0.1) is 0 Å². The molecule has 28 heavy (non-hydrogen) atoms. The number of carbonyl (C=O) groups excluding carboxylic acids is 2. The minimum atomic E-state index is -0.384. The Morgan fingerprint density at radius 1 is 1.29 bits per heavy atom. The van der Waals surface area contributed by atoms with E-state index in [1.165, 1.54) is 12.1 Å². The molecule has 6 nitrogen and oxygen atoms in total. The average Bonchev–Trinajstić information content (AvgIpc) is 2.64. The third kappa shape index (κ3) is 5.44. The number of ether oxygens (including phenoxy) is 1. The first kappa shape index (κ1) is 20.6. The molecule has 1 atom stereocenters. The van der Waals surface area contributed by atoms with Crippen LogP contribution < -0.4 is 10.1 Å². The Hall–Kier alpha value is -2.15. The number of piperazine rings is 1. The fraction of sp³-hybridized carbons (Fsp3) is 0.619. The Labute approximate surface area is 166 Å². The minimum Gasteiger partial charge on any atom is -0.490 e. The Balaban J connectivity index is 1.50. The molecule has 0 radical (unpaired) electrons. The standard InChI is InChI=1S/C21H30FN3O3/c1-15(2)14-25-11-8-23-21(27)19(25)13-20(26)24-9-6-17(7-10-24)28-18-5-3-4-16(22)12-18/h3-5,12,15,17,19H,6-11,13-14H2,1-2H3,(H,23,27). The molecule has 1 aromatic rings. The summed E-state index contributed by atoms with van der Waals surface area (Å²) in [5.41, 5.74) is 0. The third-order valence-electron chi connectivity index (χ3n) is 5.30. The smallest absolute Gasteiger partial charge is 0.237 e. The second kappa shape index (κ2) is 9.37. The molecule has 2 fully saturated rings. The van der Waals surface area contributed by atoms with Gasteiger partial charge in [-0.3, -0.25) is 14.5 Å². The van der Waals surface area contributed by atoms with Crippen molar-refractivity contribution < 1.29 is 18.7 Å². The summed E-state index contributed by atoms with van der Waals surface area (Å²) in [4.78, 5) is 29.0. The van der Waals surface area contributed by atoms with Crippen molar-refractivity contribution in [3.8, 4) is 5.75 Å². The average molecular weight is 391 g/mol. The van der Waals surface area contributed by atoms with Gasteiger partial charge < -0.3 is 15.0 Å². The monoisotopic (exact) mass is 391 g/mol. The van der Waals surface area contributed by atoms with Gasteiger partial charge in [0.2, 0.25) is 11.8 Å². The number of amides is 2. The Morgan fingerprint density at radius 2 is 2.04 bits per heavy atom. The maximum absolute atomic E-state index is 13.3. The molecule has 2 aliphatic rings. The van der Waals surface area contributed by atoms with E-state index in [-0.39, 0.29) is 36.2 Å². The molecule has 1 aromatic carbocycles. The van der Waals surface area contributed by atoms with Crippen LogP contribution in [-0.4, -0.2) is 66.5 Å². The summed E-state index contributed by atoms with van der Waals surface area (Å²) in [5, 5.41) is 2.88. The van der Waals surface area contributed by atoms with E-state index in [1.807, 2.05) is 4.90 Å². The van der Waals surface area contributed by atoms with Crippen molar-refractivity contribution in [3.05, 3.63) is 30.1 Å². The van der Waals surface area contributed by atoms with Crippen LogP contribution in [-0.2, 0) is 9.59 Å². The predicted molar refractivity (Wildman–Crippen MR) is 104 cm³/mol.